The molecule has 0 aromatic heterocycles. The van der Waals surface area contributed by atoms with Crippen LogP contribution in [-0.2, 0) is 0 Å². The fraction of sp³-hybridized carbons (Fsp3) is 0.333. The van der Waals surface area contributed by atoms with E-state index in [1.165, 1.54) is 5.56 Å². The third-order valence-corrected chi connectivity index (χ3v) is 3.64. The molecule has 0 aliphatic carbocycles. The Morgan fingerprint density at radius 2 is 2.00 bits per heavy atom. The topological polar surface area (TPSA) is 20.2 Å². The minimum absolute atomic E-state index is 0.884. The molecule has 59 valence electrons. The molecule has 0 aliphatic rings. The van der Waals surface area contributed by atoms with Gasteiger partial charge in [0.2, 0.25) is 9.04 Å². The van der Waals surface area contributed by atoms with Crippen LogP contribution in [0.15, 0.2) is 24.3 Å². The van der Waals surface area contributed by atoms with Crippen LogP contribution in [0.25, 0.3) is 0 Å². The highest BCUT2D eigenvalue weighted by atomic mass is 28.3. The van der Waals surface area contributed by atoms with Crippen LogP contribution in [-0.4, -0.2) is 13.8 Å². The van der Waals surface area contributed by atoms with Crippen molar-refractivity contribution < 1.29 is 4.80 Å². The Kier molecular flexibility index (Phi) is 2.85. The molecule has 0 heterocycles. The van der Waals surface area contributed by atoms with Crippen molar-refractivity contribution in [2.24, 2.45) is 0 Å². The highest BCUT2D eigenvalue weighted by Crippen LogP contribution is 1.96. The lowest BCUT2D eigenvalue weighted by Gasteiger charge is -2.07. The van der Waals surface area contributed by atoms with Gasteiger partial charge in [-0.1, -0.05) is 31.2 Å². The number of rotatable bonds is 2. The molecule has 1 N–H and O–H groups in total. The first-order valence-electron chi connectivity index (χ1n) is 3.86. The highest BCUT2D eigenvalue weighted by molar-refractivity contribution is 6.66. The molecule has 1 nitrogen and oxygen atoms in total. The van der Waals surface area contributed by atoms with Gasteiger partial charge in [0.25, 0.3) is 0 Å². The van der Waals surface area contributed by atoms with Gasteiger partial charge in [0.1, 0.15) is 0 Å². The van der Waals surface area contributed by atoms with E-state index in [0.29, 0.717) is 0 Å². The summed E-state index contributed by atoms with van der Waals surface area (Å²) in [4.78, 5) is 9.61. The van der Waals surface area contributed by atoms with Crippen LogP contribution in [0, 0.1) is 6.92 Å². The predicted molar refractivity (Wildman–Crippen MR) is 49.3 cm³/mol. The fourth-order valence-electron chi connectivity index (χ4n) is 1.09. The molecule has 1 aromatic rings. The predicted octanol–water partition coefficient (Wildman–Crippen LogP) is 1.21. The fourth-order valence-corrected chi connectivity index (χ4v) is 2.30. The van der Waals surface area contributed by atoms with Crippen molar-refractivity contribution in [2.45, 2.75) is 19.9 Å². The van der Waals surface area contributed by atoms with E-state index in [2.05, 4.69) is 0 Å². The van der Waals surface area contributed by atoms with Crippen LogP contribution in [0.3, 0.4) is 0 Å². The molecule has 1 aromatic carbocycles. The highest BCUT2D eigenvalue weighted by Gasteiger charge is 2.09. The molecule has 0 unspecified atom stereocenters. The Bertz CT molecular complexity index is 235. The molecule has 0 aliphatic heterocycles. The van der Waals surface area contributed by atoms with Crippen molar-refractivity contribution in [1.82, 2.24) is 0 Å². The zero-order valence-corrected chi connectivity index (χ0v) is 7.96. The molecule has 0 saturated carbocycles. The second-order valence-electron chi connectivity index (χ2n) is 2.62. The molecule has 0 fully saturated rings. The lowest BCUT2D eigenvalue weighted by atomic mass is 10.2. The maximum atomic E-state index is 9.61. The van der Waals surface area contributed by atoms with Gasteiger partial charge < -0.3 is 4.80 Å². The zero-order chi connectivity index (χ0) is 8.27. The van der Waals surface area contributed by atoms with Gasteiger partial charge in [-0.15, -0.1) is 0 Å². The molecule has 1 rings (SSSR count). The van der Waals surface area contributed by atoms with Gasteiger partial charge in [-0.25, -0.2) is 0 Å². The van der Waals surface area contributed by atoms with Gasteiger partial charge in [0.05, 0.1) is 0 Å². The molecule has 0 saturated heterocycles. The van der Waals surface area contributed by atoms with E-state index in [0.717, 1.165) is 11.2 Å². The van der Waals surface area contributed by atoms with Crippen LogP contribution < -0.4 is 5.19 Å². The van der Waals surface area contributed by atoms with Crippen molar-refractivity contribution in [1.29, 1.82) is 0 Å². The van der Waals surface area contributed by atoms with Crippen LogP contribution in [0.4, 0.5) is 0 Å². The summed E-state index contributed by atoms with van der Waals surface area (Å²) in [5, 5.41) is 1.15. The maximum Gasteiger partial charge on any atom is 0.242 e. The molecule has 11 heavy (non-hydrogen) atoms. The van der Waals surface area contributed by atoms with E-state index >= 15 is 0 Å². The quantitative estimate of drug-likeness (QED) is 0.653. The second kappa shape index (κ2) is 3.69. The van der Waals surface area contributed by atoms with Crippen LogP contribution in [0.5, 0.6) is 0 Å². The SMILES string of the molecule is CC[Si](O)c1ccccc1C. The summed E-state index contributed by atoms with van der Waals surface area (Å²) < 4.78 is 0. The Balaban J connectivity index is 2.93. The summed E-state index contributed by atoms with van der Waals surface area (Å²) in [6.45, 7) is 4.08. The summed E-state index contributed by atoms with van der Waals surface area (Å²) >= 11 is 0. The molecular formula is C9H13OSi. The molecule has 0 atom stereocenters. The van der Waals surface area contributed by atoms with Gasteiger partial charge in [0.15, 0.2) is 0 Å². The molecule has 0 bridgehead atoms. The number of benzene rings is 1. The average molecular weight is 165 g/mol. The normalized spacial score (nSPS) is 10.5. The van der Waals surface area contributed by atoms with Gasteiger partial charge in [-0.05, 0) is 23.7 Å². The van der Waals surface area contributed by atoms with Crippen LogP contribution in [0.1, 0.15) is 12.5 Å². The first-order chi connectivity index (χ1) is 5.25. The van der Waals surface area contributed by atoms with E-state index in [-0.39, 0.29) is 0 Å². The van der Waals surface area contributed by atoms with E-state index < -0.39 is 9.04 Å². The lowest BCUT2D eigenvalue weighted by Crippen LogP contribution is -2.30. The van der Waals surface area contributed by atoms with Gasteiger partial charge in [0, 0.05) is 0 Å². The van der Waals surface area contributed by atoms with Gasteiger partial charge in [-0.2, -0.15) is 0 Å². The largest absolute Gasteiger partial charge is 0.427 e. The second-order valence-corrected chi connectivity index (χ2v) is 4.75. The van der Waals surface area contributed by atoms with E-state index in [1.54, 1.807) is 0 Å². The van der Waals surface area contributed by atoms with Crippen LogP contribution >= 0.6 is 0 Å². The Hall–Kier alpha value is -0.603. The summed E-state index contributed by atoms with van der Waals surface area (Å²) in [6, 6.07) is 8.94. The first-order valence-corrected chi connectivity index (χ1v) is 5.52. The minimum atomic E-state index is -1.24. The lowest BCUT2D eigenvalue weighted by molar-refractivity contribution is 0.585. The monoisotopic (exact) mass is 165 g/mol. The number of hydrogen-bond acceptors (Lipinski definition) is 1. The Morgan fingerprint density at radius 3 is 2.55 bits per heavy atom. The summed E-state index contributed by atoms with van der Waals surface area (Å²) in [7, 11) is -1.24. The van der Waals surface area contributed by atoms with Crippen molar-refractivity contribution in [3.05, 3.63) is 29.8 Å². The minimum Gasteiger partial charge on any atom is -0.427 e. The van der Waals surface area contributed by atoms with E-state index in [9.17, 15) is 4.80 Å². The summed E-state index contributed by atoms with van der Waals surface area (Å²) in [6.07, 6.45) is 0. The van der Waals surface area contributed by atoms with E-state index in [4.69, 9.17) is 0 Å². The number of hydrogen-bond donors (Lipinski definition) is 1. The number of aryl methyl sites for hydroxylation is 1. The maximum absolute atomic E-state index is 9.61. The Morgan fingerprint density at radius 1 is 1.36 bits per heavy atom. The standard InChI is InChI=1S/C9H13OSi/c1-3-11(10)9-7-5-4-6-8(9)2/h4-7,10H,3H2,1-2H3. The van der Waals surface area contributed by atoms with Crippen molar-refractivity contribution >= 4 is 14.2 Å². The molecule has 0 amide bonds. The molecule has 1 radical (unpaired) electrons. The smallest absolute Gasteiger partial charge is 0.242 e. The van der Waals surface area contributed by atoms with Crippen molar-refractivity contribution in [3.63, 3.8) is 0 Å². The van der Waals surface area contributed by atoms with E-state index in [1.807, 2.05) is 38.1 Å². The summed E-state index contributed by atoms with van der Waals surface area (Å²) in [5.74, 6) is 0. The third-order valence-electron chi connectivity index (χ3n) is 1.79. The summed E-state index contributed by atoms with van der Waals surface area (Å²) in [5.41, 5.74) is 1.21. The Labute approximate surface area is 69.4 Å². The van der Waals surface area contributed by atoms with Crippen molar-refractivity contribution in [3.8, 4) is 0 Å². The molecule has 0 spiro atoms. The van der Waals surface area contributed by atoms with Crippen LogP contribution in [0.2, 0.25) is 6.04 Å². The zero-order valence-electron chi connectivity index (χ0n) is 6.96. The first kappa shape index (κ1) is 8.49. The molecule has 2 heteroatoms. The van der Waals surface area contributed by atoms with Crippen molar-refractivity contribution in [2.75, 3.05) is 0 Å². The van der Waals surface area contributed by atoms with Gasteiger partial charge in [-0.3, -0.25) is 0 Å². The average Bonchev–Trinajstić information content (AvgIpc) is 2.04. The van der Waals surface area contributed by atoms with Gasteiger partial charge >= 0.3 is 0 Å². The third kappa shape index (κ3) is 1.91. The molecular weight excluding hydrogens is 152 g/mol.